The Hall–Kier alpha value is -3.08. The van der Waals surface area contributed by atoms with Crippen molar-refractivity contribution < 1.29 is 23.5 Å². The first-order valence-corrected chi connectivity index (χ1v) is 11.4. The molecule has 3 aromatic rings. The molecule has 0 spiro atoms. The van der Waals surface area contributed by atoms with Crippen molar-refractivity contribution in [3.05, 3.63) is 69.0 Å². The van der Waals surface area contributed by atoms with Crippen molar-refractivity contribution >= 4 is 51.5 Å². The second-order valence-corrected chi connectivity index (χ2v) is 9.77. The fraction of sp³-hybridized carbons (Fsp3) is 0.292. The van der Waals surface area contributed by atoms with E-state index < -0.39 is 29.6 Å². The van der Waals surface area contributed by atoms with Crippen LogP contribution < -0.4 is 16.2 Å². The Balaban J connectivity index is 1.71. The molecule has 1 heterocycles. The van der Waals surface area contributed by atoms with Gasteiger partial charge in [0.15, 0.2) is 5.76 Å². The summed E-state index contributed by atoms with van der Waals surface area (Å²) in [5.74, 6) is -1.09. The number of rotatable bonds is 5. The molecule has 0 saturated heterocycles. The second kappa shape index (κ2) is 10.2. The molecule has 1 unspecified atom stereocenters. The fourth-order valence-corrected chi connectivity index (χ4v) is 3.53. The third-order valence-electron chi connectivity index (χ3n) is 4.71. The minimum absolute atomic E-state index is 0.103. The Morgan fingerprint density at radius 3 is 2.33 bits per heavy atom. The first-order chi connectivity index (χ1) is 15.5. The largest absolute Gasteiger partial charge is 0.451 e. The van der Waals surface area contributed by atoms with Gasteiger partial charge in [0.1, 0.15) is 17.2 Å². The number of furan rings is 1. The van der Waals surface area contributed by atoms with Crippen LogP contribution in [-0.2, 0) is 16.0 Å². The number of alkyl carbamates (subject to hydrolysis) is 1. The van der Waals surface area contributed by atoms with Crippen molar-refractivity contribution in [3.63, 3.8) is 0 Å². The first kappa shape index (κ1) is 24.6. The number of para-hydroxylation sites is 1. The van der Waals surface area contributed by atoms with Gasteiger partial charge in [0.25, 0.3) is 5.91 Å². The second-order valence-electron chi connectivity index (χ2n) is 8.53. The van der Waals surface area contributed by atoms with Crippen LogP contribution >= 0.6 is 22.6 Å². The first-order valence-electron chi connectivity index (χ1n) is 10.4. The third-order valence-corrected chi connectivity index (χ3v) is 5.43. The number of nitrogens with one attached hydrogen (secondary N) is 3. The molecule has 3 rings (SSSR count). The molecule has 3 N–H and O–H groups in total. The summed E-state index contributed by atoms with van der Waals surface area (Å²) in [6, 6.07) is 13.9. The van der Waals surface area contributed by atoms with Crippen LogP contribution in [0.2, 0.25) is 0 Å². The van der Waals surface area contributed by atoms with Crippen molar-refractivity contribution in [1.29, 1.82) is 0 Å². The smallest absolute Gasteiger partial charge is 0.408 e. The maximum Gasteiger partial charge on any atom is 0.408 e. The van der Waals surface area contributed by atoms with Crippen molar-refractivity contribution in [3.8, 4) is 0 Å². The normalized spacial score (nSPS) is 12.2. The van der Waals surface area contributed by atoms with Crippen molar-refractivity contribution in [2.45, 2.75) is 45.8 Å². The van der Waals surface area contributed by atoms with E-state index in [1.807, 2.05) is 42.5 Å². The number of hydrogen-bond acceptors (Lipinski definition) is 5. The van der Waals surface area contributed by atoms with Gasteiger partial charge in [0.05, 0.1) is 0 Å². The summed E-state index contributed by atoms with van der Waals surface area (Å²) < 4.78 is 12.0. The average Bonchev–Trinajstić information content (AvgIpc) is 3.08. The molecule has 8 nitrogen and oxygen atoms in total. The van der Waals surface area contributed by atoms with Crippen molar-refractivity contribution in [1.82, 2.24) is 16.2 Å². The van der Waals surface area contributed by atoms with E-state index >= 15 is 0 Å². The highest BCUT2D eigenvalue weighted by Gasteiger charge is 2.26. The maximum atomic E-state index is 12.9. The molecular formula is C24H26IN3O5. The minimum atomic E-state index is -0.975. The summed E-state index contributed by atoms with van der Waals surface area (Å²) in [4.78, 5) is 37.8. The molecule has 3 amide bonds. The number of ether oxygens (including phenoxy) is 1. The van der Waals surface area contributed by atoms with Crippen LogP contribution in [0, 0.1) is 10.5 Å². The minimum Gasteiger partial charge on any atom is -0.451 e. The summed E-state index contributed by atoms with van der Waals surface area (Å²) >= 11 is 2.19. The van der Waals surface area contributed by atoms with Gasteiger partial charge >= 0.3 is 12.0 Å². The lowest BCUT2D eigenvalue weighted by Gasteiger charge is -2.23. The maximum absolute atomic E-state index is 12.9. The number of halogens is 1. The van der Waals surface area contributed by atoms with E-state index in [2.05, 4.69) is 38.8 Å². The van der Waals surface area contributed by atoms with Gasteiger partial charge in [-0.25, -0.2) is 4.79 Å². The van der Waals surface area contributed by atoms with E-state index in [1.54, 1.807) is 33.8 Å². The van der Waals surface area contributed by atoms with Gasteiger partial charge in [-0.1, -0.05) is 30.3 Å². The van der Waals surface area contributed by atoms with Crippen LogP contribution in [0.5, 0.6) is 0 Å². The number of hydrogen-bond donors (Lipinski definition) is 3. The summed E-state index contributed by atoms with van der Waals surface area (Å²) in [7, 11) is 0. The quantitative estimate of drug-likeness (QED) is 0.318. The molecule has 1 aromatic heterocycles. The average molecular weight is 563 g/mol. The Kier molecular flexibility index (Phi) is 7.62. The zero-order valence-corrected chi connectivity index (χ0v) is 21.0. The lowest BCUT2D eigenvalue weighted by Crippen LogP contribution is -2.53. The summed E-state index contributed by atoms with van der Waals surface area (Å²) in [5.41, 5.74) is 6.12. The molecular weight excluding hydrogens is 537 g/mol. The molecule has 0 aliphatic carbocycles. The molecule has 0 saturated carbocycles. The van der Waals surface area contributed by atoms with Gasteiger partial charge in [-0.05, 0) is 74.0 Å². The Labute approximate surface area is 205 Å². The standard InChI is InChI=1S/C24H26IN3O5/c1-14-17-7-5-6-8-19(17)32-20(14)22(30)28-27-21(29)18(26-23(31)33-24(2,3)4)13-15-9-11-16(25)12-10-15/h5-12,18H,13H2,1-4H3,(H,26,31)(H,27,29)(H,28,30). The van der Waals surface area contributed by atoms with Gasteiger partial charge in [0, 0.05) is 20.9 Å². The van der Waals surface area contributed by atoms with E-state index in [0.717, 1.165) is 14.5 Å². The Morgan fingerprint density at radius 1 is 1.03 bits per heavy atom. The predicted molar refractivity (Wildman–Crippen MR) is 133 cm³/mol. The van der Waals surface area contributed by atoms with Gasteiger partial charge in [-0.2, -0.15) is 0 Å². The van der Waals surface area contributed by atoms with E-state index in [4.69, 9.17) is 9.15 Å². The molecule has 9 heteroatoms. The third kappa shape index (κ3) is 6.70. The molecule has 2 aromatic carbocycles. The van der Waals surface area contributed by atoms with Crippen molar-refractivity contribution in [2.75, 3.05) is 0 Å². The molecule has 0 aliphatic rings. The molecule has 0 aliphatic heterocycles. The molecule has 0 radical (unpaired) electrons. The van der Waals surface area contributed by atoms with E-state index in [-0.39, 0.29) is 12.2 Å². The number of benzene rings is 2. The molecule has 33 heavy (non-hydrogen) atoms. The lowest BCUT2D eigenvalue weighted by molar-refractivity contribution is -0.124. The number of carbonyl (C=O) groups excluding carboxylic acids is 3. The topological polar surface area (TPSA) is 110 Å². The molecule has 0 fully saturated rings. The highest BCUT2D eigenvalue weighted by atomic mass is 127. The SMILES string of the molecule is Cc1c(C(=O)NNC(=O)C(Cc2ccc(I)cc2)NC(=O)OC(C)(C)C)oc2ccccc12. The van der Waals surface area contributed by atoms with Crippen molar-refractivity contribution in [2.24, 2.45) is 0 Å². The van der Waals surface area contributed by atoms with Crippen LogP contribution in [0.3, 0.4) is 0 Å². The molecule has 1 atom stereocenters. The van der Waals surface area contributed by atoms with Gasteiger partial charge in [0.2, 0.25) is 0 Å². The Morgan fingerprint density at radius 2 is 1.70 bits per heavy atom. The number of fused-ring (bicyclic) bond motifs is 1. The zero-order valence-electron chi connectivity index (χ0n) is 18.8. The van der Waals surface area contributed by atoms with Crippen LogP contribution in [0.15, 0.2) is 52.9 Å². The monoisotopic (exact) mass is 563 g/mol. The van der Waals surface area contributed by atoms with Crippen LogP contribution in [-0.4, -0.2) is 29.6 Å². The van der Waals surface area contributed by atoms with E-state index in [9.17, 15) is 14.4 Å². The molecule has 0 bridgehead atoms. The van der Waals surface area contributed by atoms with Gasteiger partial charge in [-0.15, -0.1) is 0 Å². The van der Waals surface area contributed by atoms with E-state index in [0.29, 0.717) is 11.1 Å². The Bertz CT molecular complexity index is 1170. The number of carbonyl (C=O) groups is 3. The highest BCUT2D eigenvalue weighted by molar-refractivity contribution is 14.1. The van der Waals surface area contributed by atoms with Crippen LogP contribution in [0.1, 0.15) is 42.5 Å². The van der Waals surface area contributed by atoms with E-state index in [1.165, 1.54) is 0 Å². The van der Waals surface area contributed by atoms with Gasteiger partial charge in [-0.3, -0.25) is 20.4 Å². The predicted octanol–water partition coefficient (Wildman–Crippen LogP) is 4.24. The zero-order chi connectivity index (χ0) is 24.2. The summed E-state index contributed by atoms with van der Waals surface area (Å²) in [5, 5.41) is 3.40. The number of aryl methyl sites for hydroxylation is 1. The highest BCUT2D eigenvalue weighted by Crippen LogP contribution is 2.24. The molecule has 174 valence electrons. The number of hydrazine groups is 1. The summed E-state index contributed by atoms with van der Waals surface area (Å²) in [6.07, 6.45) is -0.519. The summed E-state index contributed by atoms with van der Waals surface area (Å²) in [6.45, 7) is 6.97. The van der Waals surface area contributed by atoms with Crippen LogP contribution in [0.4, 0.5) is 4.79 Å². The fourth-order valence-electron chi connectivity index (χ4n) is 3.17. The van der Waals surface area contributed by atoms with Crippen LogP contribution in [0.25, 0.3) is 11.0 Å². The van der Waals surface area contributed by atoms with Gasteiger partial charge < -0.3 is 14.5 Å². The number of amides is 3. The lowest BCUT2D eigenvalue weighted by atomic mass is 10.1.